The molecule has 2 atom stereocenters. The molecule has 0 saturated heterocycles. The molecule has 124 valence electrons. The molecular weight excluding hydrogens is 297 g/mol. The lowest BCUT2D eigenvalue weighted by Crippen LogP contribution is -2.46. The molecule has 5 nitrogen and oxygen atoms in total. The van der Waals surface area contributed by atoms with Gasteiger partial charge >= 0.3 is 6.18 Å². The number of nitrogens with zero attached hydrogens (tertiary/aromatic N) is 2. The molecule has 0 aliphatic heterocycles. The Hall–Kier alpha value is -1.57. The third-order valence-corrected chi connectivity index (χ3v) is 3.87. The van der Waals surface area contributed by atoms with E-state index in [1.165, 1.54) is 0 Å². The quantitative estimate of drug-likeness (QED) is 0.872. The average molecular weight is 318 g/mol. The first-order chi connectivity index (χ1) is 10.3. The molecular formula is C14H21F3N4O. The van der Waals surface area contributed by atoms with Gasteiger partial charge in [0.05, 0.1) is 12.2 Å². The number of carbonyl (C=O) groups is 1. The maximum absolute atomic E-state index is 12.1. The van der Waals surface area contributed by atoms with Crippen LogP contribution >= 0.6 is 0 Å². The zero-order chi connectivity index (χ0) is 16.3. The average Bonchev–Trinajstić information content (AvgIpc) is 2.88. The van der Waals surface area contributed by atoms with Crippen molar-refractivity contribution in [3.05, 3.63) is 17.5 Å². The van der Waals surface area contributed by atoms with Crippen LogP contribution in [0.4, 0.5) is 13.2 Å². The highest BCUT2D eigenvalue weighted by Gasteiger charge is 2.30. The van der Waals surface area contributed by atoms with Crippen molar-refractivity contribution < 1.29 is 18.0 Å². The Morgan fingerprint density at radius 2 is 2.27 bits per heavy atom. The van der Waals surface area contributed by atoms with Crippen molar-refractivity contribution >= 4 is 5.91 Å². The molecule has 1 aromatic heterocycles. The number of amides is 1. The molecule has 0 unspecified atom stereocenters. The van der Waals surface area contributed by atoms with Gasteiger partial charge < -0.3 is 5.32 Å². The van der Waals surface area contributed by atoms with Gasteiger partial charge in [-0.05, 0) is 33.1 Å². The largest absolute Gasteiger partial charge is 0.405 e. The van der Waals surface area contributed by atoms with E-state index in [0.29, 0.717) is 0 Å². The van der Waals surface area contributed by atoms with Gasteiger partial charge in [0.15, 0.2) is 0 Å². The summed E-state index contributed by atoms with van der Waals surface area (Å²) >= 11 is 0. The number of fused-ring (bicyclic) bond motifs is 1. The summed E-state index contributed by atoms with van der Waals surface area (Å²) < 4.78 is 38.3. The van der Waals surface area contributed by atoms with Crippen LogP contribution in [0.2, 0.25) is 0 Å². The van der Waals surface area contributed by atoms with E-state index in [2.05, 4.69) is 10.4 Å². The molecule has 0 bridgehead atoms. The van der Waals surface area contributed by atoms with E-state index in [1.54, 1.807) is 13.1 Å². The number of hydrogen-bond acceptors (Lipinski definition) is 3. The van der Waals surface area contributed by atoms with Crippen LogP contribution < -0.4 is 10.6 Å². The first-order valence-corrected chi connectivity index (χ1v) is 7.47. The normalized spacial score (nSPS) is 19.6. The van der Waals surface area contributed by atoms with Gasteiger partial charge in [-0.25, -0.2) is 0 Å². The molecule has 8 heteroatoms. The maximum Gasteiger partial charge on any atom is 0.405 e. The number of halogens is 3. The molecule has 1 aliphatic rings. The molecule has 0 radical (unpaired) electrons. The number of aromatic nitrogens is 2. The summed E-state index contributed by atoms with van der Waals surface area (Å²) in [4.78, 5) is 11.7. The van der Waals surface area contributed by atoms with Crippen LogP contribution in [-0.4, -0.2) is 34.5 Å². The number of nitrogens with one attached hydrogen (secondary N) is 2. The summed E-state index contributed by atoms with van der Waals surface area (Å²) in [7, 11) is 0. The van der Waals surface area contributed by atoms with Gasteiger partial charge in [0.1, 0.15) is 6.54 Å². The lowest BCUT2D eigenvalue weighted by molar-refractivity contribution is -0.139. The van der Waals surface area contributed by atoms with E-state index >= 15 is 0 Å². The predicted molar refractivity (Wildman–Crippen MR) is 75.2 cm³/mol. The Kier molecular flexibility index (Phi) is 5.10. The molecule has 1 aliphatic carbocycles. The van der Waals surface area contributed by atoms with Crippen molar-refractivity contribution in [3.63, 3.8) is 0 Å². The van der Waals surface area contributed by atoms with Crippen LogP contribution in [0, 0.1) is 0 Å². The summed E-state index contributed by atoms with van der Waals surface area (Å²) in [5.74, 6) is -0.646. The lowest BCUT2D eigenvalue weighted by Gasteiger charge is -2.27. The van der Waals surface area contributed by atoms with E-state index in [9.17, 15) is 18.0 Å². The molecule has 22 heavy (non-hydrogen) atoms. The highest BCUT2D eigenvalue weighted by Crippen LogP contribution is 2.29. The summed E-state index contributed by atoms with van der Waals surface area (Å²) in [5.41, 5.74) is 2.19. The van der Waals surface area contributed by atoms with Crippen molar-refractivity contribution in [2.24, 2.45) is 0 Å². The van der Waals surface area contributed by atoms with Crippen LogP contribution in [0.1, 0.15) is 44.0 Å². The molecule has 0 saturated carbocycles. The highest BCUT2D eigenvalue weighted by atomic mass is 19.4. The Labute approximate surface area is 127 Å². The van der Waals surface area contributed by atoms with E-state index in [-0.39, 0.29) is 6.04 Å². The van der Waals surface area contributed by atoms with E-state index < -0.39 is 24.7 Å². The minimum atomic E-state index is -4.39. The Bertz CT molecular complexity index is 527. The van der Waals surface area contributed by atoms with Crippen molar-refractivity contribution in [1.29, 1.82) is 0 Å². The number of aryl methyl sites for hydroxylation is 1. The number of rotatable bonds is 5. The minimum absolute atomic E-state index is 0.0457. The topological polar surface area (TPSA) is 59.0 Å². The second-order valence-corrected chi connectivity index (χ2v) is 5.53. The summed E-state index contributed by atoms with van der Waals surface area (Å²) in [6, 6.07) is -0.737. The van der Waals surface area contributed by atoms with Crippen molar-refractivity contribution in [1.82, 2.24) is 20.4 Å². The van der Waals surface area contributed by atoms with Gasteiger partial charge in [-0.15, -0.1) is 0 Å². The smallest absolute Gasteiger partial charge is 0.346 e. The first kappa shape index (κ1) is 16.8. The standard InChI is InChI=1S/C14H21F3N4O/c1-3-21-12-6-4-5-11(10(12)7-19-21)20-9(2)13(22)18-8-14(15,16)17/h7,9,11,20H,3-6,8H2,1-2H3,(H,18,22)/t9-,11-/m0/s1. The zero-order valence-corrected chi connectivity index (χ0v) is 12.7. The third kappa shape index (κ3) is 4.00. The minimum Gasteiger partial charge on any atom is -0.346 e. The van der Waals surface area contributed by atoms with Gasteiger partial charge in [-0.1, -0.05) is 0 Å². The fourth-order valence-corrected chi connectivity index (χ4v) is 2.78. The lowest BCUT2D eigenvalue weighted by atomic mass is 9.92. The first-order valence-electron chi connectivity index (χ1n) is 7.47. The number of alkyl halides is 3. The van der Waals surface area contributed by atoms with Crippen molar-refractivity contribution in [2.75, 3.05) is 6.54 Å². The van der Waals surface area contributed by atoms with Gasteiger partial charge in [-0.2, -0.15) is 18.3 Å². The molecule has 1 amide bonds. The summed E-state index contributed by atoms with van der Waals surface area (Å²) in [5, 5.41) is 9.34. The highest BCUT2D eigenvalue weighted by molar-refractivity contribution is 5.81. The Morgan fingerprint density at radius 1 is 1.55 bits per heavy atom. The molecule has 2 N–H and O–H groups in total. The van der Waals surface area contributed by atoms with Crippen LogP contribution in [-0.2, 0) is 17.8 Å². The van der Waals surface area contributed by atoms with Crippen LogP contribution in [0.3, 0.4) is 0 Å². The zero-order valence-electron chi connectivity index (χ0n) is 12.7. The van der Waals surface area contributed by atoms with Gasteiger partial charge in [-0.3, -0.25) is 14.8 Å². The molecule has 1 aromatic rings. The second kappa shape index (κ2) is 6.68. The van der Waals surface area contributed by atoms with Crippen LogP contribution in [0.5, 0.6) is 0 Å². The fraction of sp³-hybridized carbons (Fsp3) is 0.714. The van der Waals surface area contributed by atoms with Gasteiger partial charge in [0, 0.05) is 23.8 Å². The van der Waals surface area contributed by atoms with Gasteiger partial charge in [0.2, 0.25) is 5.91 Å². The fourth-order valence-electron chi connectivity index (χ4n) is 2.78. The van der Waals surface area contributed by atoms with E-state index in [1.807, 2.05) is 16.9 Å². The van der Waals surface area contributed by atoms with Crippen molar-refractivity contribution in [2.45, 2.75) is 57.9 Å². The second-order valence-electron chi connectivity index (χ2n) is 5.53. The maximum atomic E-state index is 12.1. The molecule has 2 rings (SSSR count). The summed E-state index contributed by atoms with van der Waals surface area (Å²) in [6.45, 7) is 3.06. The van der Waals surface area contributed by atoms with Gasteiger partial charge in [0.25, 0.3) is 0 Å². The molecule has 0 spiro atoms. The summed E-state index contributed by atoms with van der Waals surface area (Å²) in [6.07, 6.45) is 0.147. The van der Waals surface area contributed by atoms with Crippen LogP contribution in [0.25, 0.3) is 0 Å². The predicted octanol–water partition coefficient (Wildman–Crippen LogP) is 1.94. The van der Waals surface area contributed by atoms with E-state index in [0.717, 1.165) is 37.1 Å². The third-order valence-electron chi connectivity index (χ3n) is 3.87. The molecule has 0 aromatic carbocycles. The SMILES string of the molecule is CCn1ncc2c1CCC[C@@H]2N[C@@H](C)C(=O)NCC(F)(F)F. The van der Waals surface area contributed by atoms with Crippen molar-refractivity contribution in [3.8, 4) is 0 Å². The monoisotopic (exact) mass is 318 g/mol. The molecule has 1 heterocycles. The number of hydrogen-bond donors (Lipinski definition) is 2. The Morgan fingerprint density at radius 3 is 2.91 bits per heavy atom. The van der Waals surface area contributed by atoms with Crippen LogP contribution in [0.15, 0.2) is 6.20 Å². The Balaban J connectivity index is 1.97. The van der Waals surface area contributed by atoms with E-state index in [4.69, 9.17) is 0 Å². The molecule has 0 fully saturated rings. The number of carbonyl (C=O) groups excluding carboxylic acids is 1.